The molecule has 2 aliphatic rings. The fourth-order valence-electron chi connectivity index (χ4n) is 3.57. The van der Waals surface area contributed by atoms with Crippen LogP contribution in [0, 0.1) is 0 Å². The van der Waals surface area contributed by atoms with Crippen LogP contribution in [0.4, 0.5) is 0 Å². The number of hydrogen-bond acceptors (Lipinski definition) is 5. The summed E-state index contributed by atoms with van der Waals surface area (Å²) in [5.41, 5.74) is 1.05. The highest BCUT2D eigenvalue weighted by atomic mass is 35.5. The molecule has 0 spiro atoms. The molecule has 27 heavy (non-hydrogen) atoms. The maximum Gasteiger partial charge on any atom is 0.238 e. The van der Waals surface area contributed by atoms with Gasteiger partial charge in [-0.2, -0.15) is 0 Å². The quantitative estimate of drug-likeness (QED) is 0.717. The zero-order chi connectivity index (χ0) is 19.1. The Balaban J connectivity index is 1.49. The van der Waals surface area contributed by atoms with Gasteiger partial charge in [0.2, 0.25) is 5.91 Å². The maximum absolute atomic E-state index is 12.8. The number of ether oxygens (including phenoxy) is 2. The van der Waals surface area contributed by atoms with Crippen molar-refractivity contribution in [1.82, 2.24) is 15.1 Å². The molecule has 0 saturated carbocycles. The molecule has 2 saturated heterocycles. The second-order valence-corrected chi connectivity index (χ2v) is 7.71. The number of amides is 1. The Labute approximate surface area is 166 Å². The molecule has 0 bridgehead atoms. The number of hydrogen-bond donors (Lipinski definition) is 1. The number of piperazine rings is 1. The first-order chi connectivity index (χ1) is 13.1. The summed E-state index contributed by atoms with van der Waals surface area (Å²) in [6.45, 7) is 4.91. The number of likely N-dealkylation sites (N-methyl/N-ethyl adjacent to an activating group) is 1. The number of benzene rings is 1. The van der Waals surface area contributed by atoms with Gasteiger partial charge >= 0.3 is 0 Å². The van der Waals surface area contributed by atoms with E-state index in [0.29, 0.717) is 26.2 Å². The molecule has 1 aromatic carbocycles. The summed E-state index contributed by atoms with van der Waals surface area (Å²) >= 11 is 6.31. The Bertz CT molecular complexity index is 610. The first-order valence-corrected chi connectivity index (χ1v) is 10.2. The van der Waals surface area contributed by atoms with Crippen molar-refractivity contribution in [2.24, 2.45) is 0 Å². The van der Waals surface area contributed by atoms with Crippen LogP contribution in [0.15, 0.2) is 24.3 Å². The van der Waals surface area contributed by atoms with Gasteiger partial charge in [0, 0.05) is 44.4 Å². The third-order valence-electron chi connectivity index (χ3n) is 5.17. The van der Waals surface area contributed by atoms with Crippen molar-refractivity contribution in [3.63, 3.8) is 0 Å². The molecule has 2 heterocycles. The molecule has 0 aliphatic carbocycles. The lowest BCUT2D eigenvalue weighted by Crippen LogP contribution is -2.58. The summed E-state index contributed by atoms with van der Waals surface area (Å²) in [5, 5.41) is 3.77. The first-order valence-electron chi connectivity index (χ1n) is 9.80. The molecular weight excluding hydrogens is 366 g/mol. The fraction of sp³-hybridized carbons (Fsp3) is 0.650. The highest BCUT2D eigenvalue weighted by Gasteiger charge is 2.31. The van der Waals surface area contributed by atoms with E-state index in [0.717, 1.165) is 49.5 Å². The van der Waals surface area contributed by atoms with E-state index in [1.165, 1.54) is 0 Å². The monoisotopic (exact) mass is 395 g/mol. The SMILES string of the molecule is CN1CCN(Cc2ccccc2Cl)C(C(=O)NCCOC2CCCCO2)C1. The second-order valence-electron chi connectivity index (χ2n) is 7.30. The Hall–Kier alpha value is -1.18. The minimum absolute atomic E-state index is 0.0433. The molecule has 1 amide bonds. The lowest BCUT2D eigenvalue weighted by molar-refractivity contribution is -0.162. The Morgan fingerprint density at radius 2 is 2.19 bits per heavy atom. The molecule has 0 aromatic heterocycles. The van der Waals surface area contributed by atoms with E-state index in [-0.39, 0.29) is 18.2 Å². The van der Waals surface area contributed by atoms with Crippen molar-refractivity contribution in [1.29, 1.82) is 0 Å². The summed E-state index contributed by atoms with van der Waals surface area (Å²) in [6.07, 6.45) is 3.07. The normalized spacial score (nSPS) is 24.7. The Morgan fingerprint density at radius 3 is 2.96 bits per heavy atom. The largest absolute Gasteiger partial charge is 0.353 e. The zero-order valence-electron chi connectivity index (χ0n) is 16.0. The van der Waals surface area contributed by atoms with Crippen molar-refractivity contribution in [2.45, 2.75) is 38.1 Å². The number of rotatable bonds is 7. The van der Waals surface area contributed by atoms with Gasteiger partial charge in [0.1, 0.15) is 6.04 Å². The lowest BCUT2D eigenvalue weighted by Gasteiger charge is -2.39. The molecule has 2 atom stereocenters. The van der Waals surface area contributed by atoms with Crippen LogP contribution in [0.2, 0.25) is 5.02 Å². The molecule has 150 valence electrons. The number of carbonyl (C=O) groups is 1. The predicted molar refractivity (Wildman–Crippen MR) is 106 cm³/mol. The van der Waals surface area contributed by atoms with E-state index >= 15 is 0 Å². The molecule has 2 fully saturated rings. The van der Waals surface area contributed by atoms with Crippen molar-refractivity contribution in [3.05, 3.63) is 34.9 Å². The fourth-order valence-corrected chi connectivity index (χ4v) is 3.76. The van der Waals surface area contributed by atoms with Gasteiger partial charge in [0.25, 0.3) is 0 Å². The standard InChI is InChI=1S/C20H30ClN3O3/c1-23-10-11-24(14-16-6-2-3-7-17(16)21)18(15-23)20(25)22-9-13-27-19-8-4-5-12-26-19/h2-3,6-7,18-19H,4-5,8-15H2,1H3,(H,22,25). The summed E-state index contributed by atoms with van der Waals surface area (Å²) in [7, 11) is 2.05. The molecule has 2 aliphatic heterocycles. The van der Waals surface area contributed by atoms with Gasteiger partial charge in [-0.3, -0.25) is 9.69 Å². The maximum atomic E-state index is 12.8. The van der Waals surface area contributed by atoms with E-state index in [9.17, 15) is 4.79 Å². The smallest absolute Gasteiger partial charge is 0.238 e. The van der Waals surface area contributed by atoms with E-state index < -0.39 is 0 Å². The van der Waals surface area contributed by atoms with Crippen LogP contribution >= 0.6 is 11.6 Å². The summed E-state index contributed by atoms with van der Waals surface area (Å²) in [5.74, 6) is 0.0433. The molecule has 1 N–H and O–H groups in total. The van der Waals surface area contributed by atoms with Crippen LogP contribution in [0.1, 0.15) is 24.8 Å². The van der Waals surface area contributed by atoms with Crippen LogP contribution in [-0.4, -0.2) is 74.5 Å². The third kappa shape index (κ3) is 6.16. The van der Waals surface area contributed by atoms with Crippen LogP contribution in [-0.2, 0) is 20.8 Å². The van der Waals surface area contributed by atoms with E-state index in [1.807, 2.05) is 24.3 Å². The minimum atomic E-state index is -0.189. The average molecular weight is 396 g/mol. The van der Waals surface area contributed by atoms with E-state index in [4.69, 9.17) is 21.1 Å². The van der Waals surface area contributed by atoms with E-state index in [2.05, 4.69) is 22.2 Å². The van der Waals surface area contributed by atoms with Crippen molar-refractivity contribution in [3.8, 4) is 0 Å². The Kier molecular flexibility index (Phi) is 7.91. The molecule has 1 aromatic rings. The highest BCUT2D eigenvalue weighted by molar-refractivity contribution is 6.31. The molecule has 6 nitrogen and oxygen atoms in total. The van der Waals surface area contributed by atoms with Gasteiger partial charge in [-0.1, -0.05) is 29.8 Å². The van der Waals surface area contributed by atoms with Crippen molar-refractivity contribution < 1.29 is 14.3 Å². The molecular formula is C20H30ClN3O3. The van der Waals surface area contributed by atoms with Crippen molar-refractivity contribution >= 4 is 17.5 Å². The topological polar surface area (TPSA) is 54.0 Å². The molecule has 3 rings (SSSR count). The summed E-state index contributed by atoms with van der Waals surface area (Å²) in [4.78, 5) is 17.2. The number of nitrogens with zero attached hydrogens (tertiary/aromatic N) is 2. The van der Waals surface area contributed by atoms with Crippen LogP contribution < -0.4 is 5.32 Å². The lowest BCUT2D eigenvalue weighted by atomic mass is 10.1. The first kappa shape index (κ1) is 20.6. The number of halogens is 1. The van der Waals surface area contributed by atoms with E-state index in [1.54, 1.807) is 0 Å². The molecule has 2 unspecified atom stereocenters. The van der Waals surface area contributed by atoms with Crippen LogP contribution in [0.3, 0.4) is 0 Å². The van der Waals surface area contributed by atoms with Gasteiger partial charge in [-0.15, -0.1) is 0 Å². The van der Waals surface area contributed by atoms with Crippen LogP contribution in [0.25, 0.3) is 0 Å². The minimum Gasteiger partial charge on any atom is -0.353 e. The Morgan fingerprint density at radius 1 is 1.33 bits per heavy atom. The number of nitrogens with one attached hydrogen (secondary N) is 1. The second kappa shape index (κ2) is 10.4. The molecule has 0 radical (unpaired) electrons. The summed E-state index contributed by atoms with van der Waals surface area (Å²) in [6, 6.07) is 7.64. The number of carbonyl (C=O) groups excluding carboxylic acids is 1. The van der Waals surface area contributed by atoms with Gasteiger partial charge < -0.3 is 19.7 Å². The highest BCUT2D eigenvalue weighted by Crippen LogP contribution is 2.20. The van der Waals surface area contributed by atoms with Gasteiger partial charge in [-0.25, -0.2) is 0 Å². The van der Waals surface area contributed by atoms with Crippen LogP contribution in [0.5, 0.6) is 0 Å². The van der Waals surface area contributed by atoms with Crippen molar-refractivity contribution in [2.75, 3.05) is 46.4 Å². The summed E-state index contributed by atoms with van der Waals surface area (Å²) < 4.78 is 11.2. The molecule has 7 heteroatoms. The zero-order valence-corrected chi connectivity index (χ0v) is 16.8. The van der Waals surface area contributed by atoms with Gasteiger partial charge in [0.15, 0.2) is 6.29 Å². The average Bonchev–Trinajstić information content (AvgIpc) is 2.69. The van der Waals surface area contributed by atoms with Gasteiger partial charge in [0.05, 0.1) is 6.61 Å². The predicted octanol–water partition coefficient (Wildman–Crippen LogP) is 2.12. The van der Waals surface area contributed by atoms with Gasteiger partial charge in [-0.05, 0) is 37.9 Å². The third-order valence-corrected chi connectivity index (χ3v) is 5.54.